The number of nitrogens with one attached hydrogen (secondary N) is 3. The van der Waals surface area contributed by atoms with E-state index in [2.05, 4.69) is 55.1 Å². The molecule has 4 heterocycles. The van der Waals surface area contributed by atoms with Gasteiger partial charge in [0.2, 0.25) is 5.95 Å². The standard InChI is InChI=1S/C23H17N7S/c1-2-4-14-11-20(24-12-15(14)5-3-1)28-23-27-19-8-9-31-21(19)22(29-23)26-17-6-7-18-16(10-17)13-25-30-18/h1-2,4-13H,3H2,(H,25,30)(H2,26,27,28,29). The van der Waals surface area contributed by atoms with Gasteiger partial charge < -0.3 is 10.6 Å². The first-order valence-corrected chi connectivity index (χ1v) is 10.8. The smallest absolute Gasteiger partial charge is 0.231 e. The second-order valence-electron chi connectivity index (χ2n) is 7.19. The molecule has 0 saturated heterocycles. The Labute approximate surface area is 180 Å². The normalized spacial score (nSPS) is 12.8. The van der Waals surface area contributed by atoms with E-state index in [0.717, 1.165) is 49.5 Å². The van der Waals surface area contributed by atoms with Gasteiger partial charge in [-0.05, 0) is 52.6 Å². The Kier molecular flexibility index (Phi) is 4.21. The summed E-state index contributed by atoms with van der Waals surface area (Å²) >= 11 is 1.61. The van der Waals surface area contributed by atoms with Crippen LogP contribution in [0.15, 0.2) is 60.3 Å². The molecule has 0 spiro atoms. The maximum absolute atomic E-state index is 4.74. The lowest BCUT2D eigenvalue weighted by molar-refractivity contribution is 1.12. The molecule has 0 aliphatic heterocycles. The van der Waals surface area contributed by atoms with Gasteiger partial charge in [0.1, 0.15) is 5.82 Å². The summed E-state index contributed by atoms with van der Waals surface area (Å²) in [5, 5.41) is 19.1. The first-order chi connectivity index (χ1) is 15.3. The highest BCUT2D eigenvalue weighted by atomic mass is 32.1. The lowest BCUT2D eigenvalue weighted by Crippen LogP contribution is -2.25. The molecule has 0 bridgehead atoms. The van der Waals surface area contributed by atoms with Crippen molar-refractivity contribution in [3.8, 4) is 0 Å². The van der Waals surface area contributed by atoms with E-state index in [0.29, 0.717) is 11.8 Å². The molecular formula is C23H17N7S. The number of thiophene rings is 1. The van der Waals surface area contributed by atoms with Gasteiger partial charge in [-0.1, -0.05) is 24.3 Å². The topological polar surface area (TPSA) is 91.4 Å². The Morgan fingerprint density at radius 1 is 1.00 bits per heavy atom. The van der Waals surface area contributed by atoms with E-state index in [-0.39, 0.29) is 0 Å². The van der Waals surface area contributed by atoms with E-state index < -0.39 is 0 Å². The van der Waals surface area contributed by atoms with Crippen molar-refractivity contribution >= 4 is 67.9 Å². The minimum absolute atomic E-state index is 0.499. The predicted octanol–water partition coefficient (Wildman–Crippen LogP) is 3.97. The number of nitrogens with zero attached hydrogens (tertiary/aromatic N) is 4. The van der Waals surface area contributed by atoms with Crippen molar-refractivity contribution in [3.63, 3.8) is 0 Å². The number of anilines is 4. The van der Waals surface area contributed by atoms with Crippen molar-refractivity contribution in [2.45, 2.75) is 6.42 Å². The minimum atomic E-state index is 0.499. The maximum Gasteiger partial charge on any atom is 0.231 e. The monoisotopic (exact) mass is 423 g/mol. The van der Waals surface area contributed by atoms with Gasteiger partial charge in [-0.15, -0.1) is 11.3 Å². The molecule has 0 atom stereocenters. The zero-order valence-electron chi connectivity index (χ0n) is 16.3. The lowest BCUT2D eigenvalue weighted by Gasteiger charge is -2.10. The second-order valence-corrected chi connectivity index (χ2v) is 8.10. The number of aromatic nitrogens is 5. The molecule has 150 valence electrons. The van der Waals surface area contributed by atoms with Crippen molar-refractivity contribution in [3.05, 3.63) is 70.7 Å². The lowest BCUT2D eigenvalue weighted by atomic mass is 10.2. The van der Waals surface area contributed by atoms with E-state index >= 15 is 0 Å². The second kappa shape index (κ2) is 7.33. The highest BCUT2D eigenvalue weighted by Crippen LogP contribution is 2.30. The van der Waals surface area contributed by atoms with Crippen LogP contribution in [0.25, 0.3) is 33.3 Å². The van der Waals surface area contributed by atoms with Gasteiger partial charge in [0.05, 0.1) is 21.9 Å². The molecule has 5 aromatic rings. The van der Waals surface area contributed by atoms with Crippen LogP contribution < -0.4 is 21.1 Å². The van der Waals surface area contributed by atoms with Crippen molar-refractivity contribution in [1.82, 2.24) is 25.1 Å². The van der Waals surface area contributed by atoms with Crippen molar-refractivity contribution < 1.29 is 0 Å². The molecule has 1 aliphatic rings. The van der Waals surface area contributed by atoms with Gasteiger partial charge in [0, 0.05) is 17.3 Å². The van der Waals surface area contributed by atoms with Gasteiger partial charge in [-0.25, -0.2) is 9.97 Å². The number of fused-ring (bicyclic) bond motifs is 3. The molecular weight excluding hydrogens is 406 g/mol. The van der Waals surface area contributed by atoms with E-state index in [1.807, 2.05) is 48.1 Å². The fraction of sp³-hybridized carbons (Fsp3) is 0.0435. The van der Waals surface area contributed by atoms with E-state index in [1.54, 1.807) is 11.3 Å². The Balaban J connectivity index is 1.37. The summed E-state index contributed by atoms with van der Waals surface area (Å²) in [5.74, 6) is 1.96. The van der Waals surface area contributed by atoms with E-state index in [9.17, 15) is 0 Å². The van der Waals surface area contributed by atoms with Crippen LogP contribution >= 0.6 is 11.3 Å². The van der Waals surface area contributed by atoms with Gasteiger partial charge in [-0.2, -0.15) is 10.1 Å². The number of benzene rings is 1. The van der Waals surface area contributed by atoms with Gasteiger partial charge >= 0.3 is 0 Å². The predicted molar refractivity (Wildman–Crippen MR) is 126 cm³/mol. The summed E-state index contributed by atoms with van der Waals surface area (Å²) in [6, 6.07) is 10.1. The summed E-state index contributed by atoms with van der Waals surface area (Å²) < 4.78 is 1.00. The summed E-state index contributed by atoms with van der Waals surface area (Å²) in [7, 11) is 0. The number of H-pyrrole nitrogens is 1. The highest BCUT2D eigenvalue weighted by molar-refractivity contribution is 7.17. The number of hydrogen-bond acceptors (Lipinski definition) is 7. The van der Waals surface area contributed by atoms with Crippen LogP contribution in [0.2, 0.25) is 0 Å². The first-order valence-electron chi connectivity index (χ1n) is 9.87. The van der Waals surface area contributed by atoms with Crippen LogP contribution in [-0.4, -0.2) is 25.1 Å². The summed E-state index contributed by atoms with van der Waals surface area (Å²) in [4.78, 5) is 14.0. The van der Waals surface area contributed by atoms with Crippen LogP contribution in [-0.2, 0) is 0 Å². The number of hydrogen-bond donors (Lipinski definition) is 3. The number of allylic oxidation sites excluding steroid dienone is 2. The third-order valence-electron chi connectivity index (χ3n) is 5.10. The SMILES string of the molecule is C1=CCC=c2cnc(Nc3nc(Nc4ccc5[nH]ncc5c4)c4sccc4n3)cc2=C1. The Bertz CT molecular complexity index is 1580. The molecule has 6 rings (SSSR count). The molecule has 0 radical (unpaired) electrons. The molecule has 0 amide bonds. The molecule has 1 aliphatic carbocycles. The third kappa shape index (κ3) is 3.43. The Morgan fingerprint density at radius 3 is 3.00 bits per heavy atom. The quantitative estimate of drug-likeness (QED) is 0.405. The van der Waals surface area contributed by atoms with E-state index in [4.69, 9.17) is 4.98 Å². The number of rotatable bonds is 4. The zero-order valence-corrected chi connectivity index (χ0v) is 17.1. The van der Waals surface area contributed by atoms with Crippen LogP contribution in [0, 0.1) is 0 Å². The molecule has 8 heteroatoms. The van der Waals surface area contributed by atoms with Crippen LogP contribution in [0.1, 0.15) is 6.42 Å². The van der Waals surface area contributed by atoms with Crippen molar-refractivity contribution in [2.24, 2.45) is 0 Å². The van der Waals surface area contributed by atoms with Crippen molar-refractivity contribution in [2.75, 3.05) is 10.6 Å². The van der Waals surface area contributed by atoms with Crippen molar-refractivity contribution in [1.29, 1.82) is 0 Å². The van der Waals surface area contributed by atoms with Crippen LogP contribution in [0.4, 0.5) is 23.3 Å². The molecule has 0 fully saturated rings. The fourth-order valence-electron chi connectivity index (χ4n) is 3.59. The average Bonchev–Trinajstić information content (AvgIpc) is 3.38. The zero-order chi connectivity index (χ0) is 20.6. The molecule has 0 unspecified atom stereocenters. The van der Waals surface area contributed by atoms with Gasteiger partial charge in [-0.3, -0.25) is 5.10 Å². The maximum atomic E-state index is 4.74. The molecule has 0 saturated carbocycles. The molecule has 1 aromatic carbocycles. The van der Waals surface area contributed by atoms with E-state index in [1.165, 1.54) is 0 Å². The largest absolute Gasteiger partial charge is 0.339 e. The molecule has 4 aromatic heterocycles. The summed E-state index contributed by atoms with van der Waals surface area (Å²) in [5.41, 5.74) is 2.82. The average molecular weight is 424 g/mol. The Hall–Kier alpha value is -4.04. The molecule has 31 heavy (non-hydrogen) atoms. The highest BCUT2D eigenvalue weighted by Gasteiger charge is 2.11. The van der Waals surface area contributed by atoms with Gasteiger partial charge in [0.25, 0.3) is 0 Å². The Morgan fingerprint density at radius 2 is 2.00 bits per heavy atom. The first kappa shape index (κ1) is 17.8. The number of pyridine rings is 1. The van der Waals surface area contributed by atoms with Crippen LogP contribution in [0.5, 0.6) is 0 Å². The van der Waals surface area contributed by atoms with Crippen LogP contribution in [0.3, 0.4) is 0 Å². The minimum Gasteiger partial charge on any atom is -0.339 e. The number of aromatic amines is 1. The molecule has 7 nitrogen and oxygen atoms in total. The summed E-state index contributed by atoms with van der Waals surface area (Å²) in [6.45, 7) is 0. The fourth-order valence-corrected chi connectivity index (χ4v) is 4.36. The summed E-state index contributed by atoms with van der Waals surface area (Å²) in [6.07, 6.45) is 13.0. The molecule has 3 N–H and O–H groups in total. The van der Waals surface area contributed by atoms with Gasteiger partial charge in [0.15, 0.2) is 5.82 Å². The third-order valence-corrected chi connectivity index (χ3v) is 6.01.